The Hall–Kier alpha value is -2.21. The molecule has 2 saturated carbocycles. The van der Waals surface area contributed by atoms with E-state index in [9.17, 15) is 9.59 Å². The van der Waals surface area contributed by atoms with Gasteiger partial charge in [0, 0.05) is 23.5 Å². The number of imide groups is 1. The van der Waals surface area contributed by atoms with Crippen molar-refractivity contribution in [2.45, 2.75) is 50.9 Å². The Morgan fingerprint density at radius 1 is 0.903 bits per heavy atom. The Kier molecular flexibility index (Phi) is 4.86. The van der Waals surface area contributed by atoms with Crippen LogP contribution in [0.15, 0.2) is 24.3 Å². The van der Waals surface area contributed by atoms with Gasteiger partial charge in [0.2, 0.25) is 11.8 Å². The first-order chi connectivity index (χ1) is 15.2. The van der Waals surface area contributed by atoms with Gasteiger partial charge in [0.05, 0.1) is 17.4 Å². The van der Waals surface area contributed by atoms with Crippen LogP contribution in [-0.4, -0.2) is 58.0 Å². The zero-order chi connectivity index (χ0) is 20.9. The fourth-order valence-corrected chi connectivity index (χ4v) is 7.03. The quantitative estimate of drug-likeness (QED) is 0.573. The van der Waals surface area contributed by atoms with Crippen molar-refractivity contribution >= 4 is 22.7 Å². The number of piperidine rings is 1. The van der Waals surface area contributed by atoms with Gasteiger partial charge in [-0.05, 0) is 82.5 Å². The summed E-state index contributed by atoms with van der Waals surface area (Å²) >= 11 is 0. The van der Waals surface area contributed by atoms with E-state index in [-0.39, 0.29) is 23.7 Å². The van der Waals surface area contributed by atoms with Crippen molar-refractivity contribution in [3.05, 3.63) is 30.0 Å². The number of fused-ring (bicyclic) bond motifs is 6. The molecule has 2 amide bonds. The fourth-order valence-electron chi connectivity index (χ4n) is 7.03. The van der Waals surface area contributed by atoms with E-state index in [1.807, 2.05) is 6.07 Å². The zero-order valence-corrected chi connectivity index (χ0v) is 18.1. The van der Waals surface area contributed by atoms with Crippen molar-refractivity contribution in [3.8, 4) is 0 Å². The average Bonchev–Trinajstić information content (AvgIpc) is 3.56. The van der Waals surface area contributed by atoms with Crippen molar-refractivity contribution in [1.29, 1.82) is 0 Å². The van der Waals surface area contributed by atoms with E-state index in [4.69, 9.17) is 0 Å². The van der Waals surface area contributed by atoms with Gasteiger partial charge in [-0.25, -0.2) is 0 Å². The number of rotatable bonds is 6. The molecule has 4 fully saturated rings. The number of aromatic nitrogens is 2. The molecule has 1 N–H and O–H groups in total. The predicted octanol–water partition coefficient (Wildman–Crippen LogP) is 3.55. The summed E-state index contributed by atoms with van der Waals surface area (Å²) in [5.41, 5.74) is 2.35. The van der Waals surface area contributed by atoms with Crippen molar-refractivity contribution < 1.29 is 9.59 Å². The highest BCUT2D eigenvalue weighted by molar-refractivity contribution is 6.06. The number of hydrogen-bond donors (Lipinski definition) is 1. The predicted molar refractivity (Wildman–Crippen MR) is 118 cm³/mol. The maximum atomic E-state index is 12.8. The number of para-hydroxylation sites is 1. The van der Waals surface area contributed by atoms with Gasteiger partial charge in [-0.2, -0.15) is 5.10 Å². The molecule has 2 aromatic rings. The zero-order valence-electron chi connectivity index (χ0n) is 18.1. The lowest BCUT2D eigenvalue weighted by atomic mass is 9.81. The maximum absolute atomic E-state index is 12.8. The molecule has 4 atom stereocenters. The number of H-pyrrole nitrogens is 1. The Labute approximate surface area is 183 Å². The highest BCUT2D eigenvalue weighted by Crippen LogP contribution is 2.56. The van der Waals surface area contributed by atoms with Crippen molar-refractivity contribution in [2.24, 2.45) is 23.7 Å². The van der Waals surface area contributed by atoms with Crippen LogP contribution >= 0.6 is 0 Å². The molecular formula is C25H32N4O2. The number of unbranched alkanes of at least 4 members (excludes halogenated alkanes) is 1. The molecule has 2 aliphatic heterocycles. The molecule has 6 rings (SSSR count). The van der Waals surface area contributed by atoms with Crippen LogP contribution in [0.2, 0.25) is 0 Å². The Bertz CT molecular complexity index is 964. The van der Waals surface area contributed by atoms with Gasteiger partial charge in [-0.3, -0.25) is 19.6 Å². The van der Waals surface area contributed by atoms with Gasteiger partial charge in [0.1, 0.15) is 0 Å². The molecule has 2 aliphatic carbocycles. The number of likely N-dealkylation sites (tertiary alicyclic amines) is 2. The average molecular weight is 421 g/mol. The number of carbonyl (C=O) groups excluding carboxylic acids is 2. The summed E-state index contributed by atoms with van der Waals surface area (Å²) in [4.78, 5) is 29.8. The van der Waals surface area contributed by atoms with Crippen LogP contribution in [0.3, 0.4) is 0 Å². The number of hydrogen-bond acceptors (Lipinski definition) is 4. The molecule has 164 valence electrons. The van der Waals surface area contributed by atoms with Gasteiger partial charge >= 0.3 is 0 Å². The third-order valence-electron chi connectivity index (χ3n) is 8.61. The third-order valence-corrected chi connectivity index (χ3v) is 8.61. The van der Waals surface area contributed by atoms with Crippen LogP contribution in [0.1, 0.15) is 56.6 Å². The fraction of sp³-hybridized carbons (Fsp3) is 0.640. The van der Waals surface area contributed by atoms with Gasteiger partial charge in [-0.15, -0.1) is 0 Å². The Morgan fingerprint density at radius 3 is 2.32 bits per heavy atom. The lowest BCUT2D eigenvalue weighted by Gasteiger charge is -2.31. The Morgan fingerprint density at radius 2 is 1.58 bits per heavy atom. The van der Waals surface area contributed by atoms with Crippen LogP contribution in [0, 0.1) is 23.7 Å². The van der Waals surface area contributed by atoms with Crippen molar-refractivity contribution in [2.75, 3.05) is 26.2 Å². The topological polar surface area (TPSA) is 69.3 Å². The molecule has 0 radical (unpaired) electrons. The summed E-state index contributed by atoms with van der Waals surface area (Å²) in [5, 5.41) is 9.00. The van der Waals surface area contributed by atoms with E-state index in [2.05, 4.69) is 33.3 Å². The minimum atomic E-state index is 0.0313. The number of amides is 2. The van der Waals surface area contributed by atoms with E-state index in [0.29, 0.717) is 24.3 Å². The smallest absolute Gasteiger partial charge is 0.233 e. The molecule has 3 heterocycles. The highest BCUT2D eigenvalue weighted by Gasteiger charge is 2.60. The number of nitrogens with one attached hydrogen (secondary N) is 1. The van der Waals surface area contributed by atoms with Crippen LogP contribution in [0.4, 0.5) is 0 Å². The molecule has 31 heavy (non-hydrogen) atoms. The van der Waals surface area contributed by atoms with Crippen molar-refractivity contribution in [1.82, 2.24) is 20.0 Å². The molecule has 0 spiro atoms. The maximum Gasteiger partial charge on any atom is 0.233 e. The number of aromatic amines is 1. The van der Waals surface area contributed by atoms with Gasteiger partial charge in [0.15, 0.2) is 0 Å². The lowest BCUT2D eigenvalue weighted by Crippen LogP contribution is -2.36. The highest BCUT2D eigenvalue weighted by atomic mass is 16.2. The lowest BCUT2D eigenvalue weighted by molar-refractivity contribution is -0.140. The van der Waals surface area contributed by atoms with Crippen LogP contribution in [-0.2, 0) is 9.59 Å². The summed E-state index contributed by atoms with van der Waals surface area (Å²) in [5.74, 6) is 1.89. The summed E-state index contributed by atoms with van der Waals surface area (Å²) in [6, 6.07) is 8.36. The second kappa shape index (κ2) is 7.73. The van der Waals surface area contributed by atoms with Crippen LogP contribution in [0.5, 0.6) is 0 Å². The number of carbonyl (C=O) groups is 2. The second-order valence-electron chi connectivity index (χ2n) is 10.2. The van der Waals surface area contributed by atoms with Gasteiger partial charge in [0.25, 0.3) is 0 Å². The summed E-state index contributed by atoms with van der Waals surface area (Å²) in [7, 11) is 0. The minimum Gasteiger partial charge on any atom is -0.303 e. The molecule has 6 nitrogen and oxygen atoms in total. The van der Waals surface area contributed by atoms with Crippen molar-refractivity contribution in [3.63, 3.8) is 0 Å². The number of benzene rings is 1. The second-order valence-corrected chi connectivity index (χ2v) is 10.2. The molecule has 1 aromatic heterocycles. The van der Waals surface area contributed by atoms with Crippen LogP contribution < -0.4 is 0 Å². The van der Waals surface area contributed by atoms with E-state index in [1.54, 1.807) is 4.90 Å². The SMILES string of the molecule is O=C1[C@@H]2[C@H]3CC[C@H](C3)[C@@H]2C(=O)N1CCCCN1CCC(c2[nH]nc3ccccc23)CC1. The monoisotopic (exact) mass is 420 g/mol. The van der Waals surface area contributed by atoms with Crippen LogP contribution in [0.25, 0.3) is 10.9 Å². The molecule has 6 heteroatoms. The Balaban J connectivity index is 0.967. The number of nitrogens with zero attached hydrogens (tertiary/aromatic N) is 3. The first-order valence-corrected chi connectivity index (χ1v) is 12.2. The third kappa shape index (κ3) is 3.22. The summed E-state index contributed by atoms with van der Waals surface area (Å²) in [6.07, 6.45) is 7.72. The molecular weight excluding hydrogens is 388 g/mol. The first kappa shape index (κ1) is 19.5. The molecule has 2 bridgehead atoms. The summed E-state index contributed by atoms with van der Waals surface area (Å²) < 4.78 is 0. The standard InChI is InChI=1S/C25H32N4O2/c30-24-21-17-7-8-18(15-17)22(21)25(31)29(24)12-4-3-11-28-13-9-16(10-14-28)23-19-5-1-2-6-20(19)26-27-23/h1-2,5-6,16-18,21-22H,3-4,7-15H2,(H,26,27)/t17-,18+,21+,22-. The molecule has 2 saturated heterocycles. The molecule has 0 unspecified atom stereocenters. The largest absolute Gasteiger partial charge is 0.303 e. The van der Waals surface area contributed by atoms with E-state index in [1.165, 1.54) is 11.1 Å². The minimum absolute atomic E-state index is 0.0313. The van der Waals surface area contributed by atoms with E-state index >= 15 is 0 Å². The normalized spacial score (nSPS) is 31.3. The van der Waals surface area contributed by atoms with Gasteiger partial charge < -0.3 is 4.90 Å². The van der Waals surface area contributed by atoms with Gasteiger partial charge in [-0.1, -0.05) is 18.2 Å². The molecule has 4 aliphatic rings. The molecule has 1 aromatic carbocycles. The van der Waals surface area contributed by atoms with E-state index in [0.717, 1.165) is 70.1 Å². The van der Waals surface area contributed by atoms with E-state index < -0.39 is 0 Å². The first-order valence-electron chi connectivity index (χ1n) is 12.2. The summed E-state index contributed by atoms with van der Waals surface area (Å²) in [6.45, 7) is 3.89.